The molecule has 28 heavy (non-hydrogen) atoms. The van der Waals surface area contributed by atoms with E-state index >= 15 is 0 Å². The number of hydrogen-bond donors (Lipinski definition) is 0. The SMILES string of the molecule is [CH2]c1ccc(N(C(=O)OCc2ccccc2)C(=O)OCc2ccccc2)cc1. The molecule has 0 fully saturated rings. The van der Waals surface area contributed by atoms with E-state index in [4.69, 9.17) is 9.47 Å². The van der Waals surface area contributed by atoms with Gasteiger partial charge in [-0.1, -0.05) is 72.8 Å². The molecule has 5 heteroatoms. The first-order valence-electron chi connectivity index (χ1n) is 8.77. The van der Waals surface area contributed by atoms with Crippen molar-refractivity contribution in [1.29, 1.82) is 0 Å². The van der Waals surface area contributed by atoms with Crippen molar-refractivity contribution < 1.29 is 19.1 Å². The zero-order valence-electron chi connectivity index (χ0n) is 15.3. The first-order chi connectivity index (χ1) is 13.6. The second-order valence-corrected chi connectivity index (χ2v) is 6.08. The van der Waals surface area contributed by atoms with Crippen LogP contribution in [0.5, 0.6) is 0 Å². The number of amides is 2. The van der Waals surface area contributed by atoms with Crippen molar-refractivity contribution in [2.45, 2.75) is 13.2 Å². The molecule has 0 saturated carbocycles. The summed E-state index contributed by atoms with van der Waals surface area (Å²) in [6.07, 6.45) is -1.61. The lowest BCUT2D eigenvalue weighted by Gasteiger charge is -2.20. The lowest BCUT2D eigenvalue weighted by molar-refractivity contribution is 0.127. The molecule has 0 spiro atoms. The normalized spacial score (nSPS) is 10.2. The molecule has 0 aromatic heterocycles. The number of nitrogens with zero attached hydrogens (tertiary/aromatic N) is 1. The van der Waals surface area contributed by atoms with Gasteiger partial charge in [0, 0.05) is 0 Å². The van der Waals surface area contributed by atoms with E-state index in [9.17, 15) is 9.59 Å². The minimum absolute atomic E-state index is 0.0511. The van der Waals surface area contributed by atoms with E-state index in [0.717, 1.165) is 21.6 Å². The van der Waals surface area contributed by atoms with Crippen molar-refractivity contribution in [3.8, 4) is 0 Å². The smallest absolute Gasteiger partial charge is 0.424 e. The van der Waals surface area contributed by atoms with Gasteiger partial charge in [0.1, 0.15) is 13.2 Å². The van der Waals surface area contributed by atoms with Crippen molar-refractivity contribution in [2.75, 3.05) is 4.90 Å². The maximum atomic E-state index is 12.6. The molecule has 0 aliphatic carbocycles. The van der Waals surface area contributed by atoms with Crippen LogP contribution in [-0.2, 0) is 22.7 Å². The Hall–Kier alpha value is -3.60. The van der Waals surface area contributed by atoms with Crippen molar-refractivity contribution >= 4 is 17.9 Å². The third kappa shape index (κ3) is 5.20. The van der Waals surface area contributed by atoms with Crippen LogP contribution in [0, 0.1) is 6.92 Å². The zero-order valence-corrected chi connectivity index (χ0v) is 15.3. The Morgan fingerprint density at radius 1 is 0.679 bits per heavy atom. The quantitative estimate of drug-likeness (QED) is 0.604. The minimum Gasteiger partial charge on any atom is -0.444 e. The van der Waals surface area contributed by atoms with E-state index in [1.807, 2.05) is 60.7 Å². The summed E-state index contributed by atoms with van der Waals surface area (Å²) in [5, 5.41) is 0. The molecule has 2 amide bonds. The van der Waals surface area contributed by atoms with Gasteiger partial charge in [-0.2, -0.15) is 4.90 Å². The summed E-state index contributed by atoms with van der Waals surface area (Å²) in [6, 6.07) is 25.1. The fourth-order valence-corrected chi connectivity index (χ4v) is 2.50. The van der Waals surface area contributed by atoms with Gasteiger partial charge >= 0.3 is 12.2 Å². The standard InChI is InChI=1S/C23H20NO4/c1-18-12-14-21(15-13-18)24(22(25)27-16-19-8-4-2-5-9-19)23(26)28-17-20-10-6-3-7-11-20/h2-15H,1,16-17H2. The molecule has 3 aromatic carbocycles. The molecule has 0 bridgehead atoms. The highest BCUT2D eigenvalue weighted by Crippen LogP contribution is 2.19. The van der Waals surface area contributed by atoms with Gasteiger partial charge in [-0.3, -0.25) is 0 Å². The monoisotopic (exact) mass is 374 g/mol. The number of imide groups is 1. The van der Waals surface area contributed by atoms with Gasteiger partial charge in [-0.25, -0.2) is 9.59 Å². The number of hydrogen-bond acceptors (Lipinski definition) is 4. The fourth-order valence-electron chi connectivity index (χ4n) is 2.50. The van der Waals surface area contributed by atoms with Gasteiger partial charge in [0.15, 0.2) is 0 Å². The fraction of sp³-hybridized carbons (Fsp3) is 0.0870. The van der Waals surface area contributed by atoms with Crippen molar-refractivity contribution in [1.82, 2.24) is 0 Å². The summed E-state index contributed by atoms with van der Waals surface area (Å²) in [7, 11) is 0. The van der Waals surface area contributed by atoms with Crippen LogP contribution in [0.1, 0.15) is 16.7 Å². The van der Waals surface area contributed by atoms with Gasteiger partial charge in [0.2, 0.25) is 0 Å². The van der Waals surface area contributed by atoms with Gasteiger partial charge < -0.3 is 9.47 Å². The molecule has 5 nitrogen and oxygen atoms in total. The van der Waals surface area contributed by atoms with Crippen LogP contribution in [0.15, 0.2) is 84.9 Å². The number of carbonyl (C=O) groups is 2. The van der Waals surface area contributed by atoms with Crippen LogP contribution >= 0.6 is 0 Å². The molecule has 3 rings (SSSR count). The molecule has 0 N–H and O–H groups in total. The van der Waals surface area contributed by atoms with Crippen molar-refractivity contribution in [3.63, 3.8) is 0 Å². The molecule has 0 unspecified atom stereocenters. The molecule has 141 valence electrons. The van der Waals surface area contributed by atoms with Gasteiger partial charge in [-0.05, 0) is 35.7 Å². The molecule has 0 heterocycles. The Kier molecular flexibility index (Phi) is 6.41. The summed E-state index contributed by atoms with van der Waals surface area (Å²) in [6.45, 7) is 3.91. The molecule has 0 aliphatic rings. The molecule has 3 aromatic rings. The van der Waals surface area contributed by atoms with E-state index in [2.05, 4.69) is 6.92 Å². The molecule has 1 radical (unpaired) electrons. The van der Waals surface area contributed by atoms with Crippen LogP contribution < -0.4 is 4.90 Å². The Balaban J connectivity index is 1.73. The minimum atomic E-state index is -0.807. The second-order valence-electron chi connectivity index (χ2n) is 6.08. The van der Waals surface area contributed by atoms with Crippen LogP contribution in [0.4, 0.5) is 15.3 Å². The van der Waals surface area contributed by atoms with Crippen molar-refractivity contribution in [2.24, 2.45) is 0 Å². The average molecular weight is 374 g/mol. The third-order valence-corrected chi connectivity index (χ3v) is 3.97. The lowest BCUT2D eigenvalue weighted by Crippen LogP contribution is -2.37. The predicted octanol–water partition coefficient (Wildman–Crippen LogP) is 5.35. The number of benzene rings is 3. The third-order valence-electron chi connectivity index (χ3n) is 3.97. The number of rotatable bonds is 5. The summed E-state index contributed by atoms with van der Waals surface area (Å²) in [5.74, 6) is 0. The number of carbonyl (C=O) groups excluding carboxylic acids is 2. The first-order valence-corrected chi connectivity index (χ1v) is 8.77. The summed E-state index contributed by atoms with van der Waals surface area (Å²) in [5.41, 5.74) is 2.76. The van der Waals surface area contributed by atoms with Gasteiger partial charge in [0.05, 0.1) is 5.69 Å². The largest absolute Gasteiger partial charge is 0.444 e. The first kappa shape index (κ1) is 19.2. The van der Waals surface area contributed by atoms with E-state index in [0.29, 0.717) is 5.69 Å². The van der Waals surface area contributed by atoms with E-state index in [-0.39, 0.29) is 13.2 Å². The number of anilines is 1. The molecule has 0 aliphatic heterocycles. The Morgan fingerprint density at radius 3 is 1.54 bits per heavy atom. The highest BCUT2D eigenvalue weighted by molar-refractivity contribution is 6.09. The second kappa shape index (κ2) is 9.37. The van der Waals surface area contributed by atoms with Gasteiger partial charge in [0.25, 0.3) is 0 Å². The molecular weight excluding hydrogens is 354 g/mol. The Morgan fingerprint density at radius 2 is 1.11 bits per heavy atom. The van der Waals surface area contributed by atoms with Crippen LogP contribution in [0.3, 0.4) is 0 Å². The molecular formula is C23H20NO4. The zero-order chi connectivity index (χ0) is 19.8. The average Bonchev–Trinajstić information content (AvgIpc) is 2.74. The summed E-state index contributed by atoms with van der Waals surface area (Å²) >= 11 is 0. The summed E-state index contributed by atoms with van der Waals surface area (Å²) in [4.78, 5) is 26.2. The Labute approximate surface area is 164 Å². The highest BCUT2D eigenvalue weighted by Gasteiger charge is 2.26. The lowest BCUT2D eigenvalue weighted by atomic mass is 10.2. The van der Waals surface area contributed by atoms with Crippen LogP contribution in [0.25, 0.3) is 0 Å². The molecule has 0 atom stereocenters. The Bertz CT molecular complexity index is 853. The van der Waals surface area contributed by atoms with E-state index in [1.165, 1.54) is 0 Å². The molecule has 0 saturated heterocycles. The maximum absolute atomic E-state index is 12.6. The maximum Gasteiger partial charge on any atom is 0.424 e. The van der Waals surface area contributed by atoms with E-state index < -0.39 is 12.2 Å². The van der Waals surface area contributed by atoms with E-state index in [1.54, 1.807) is 24.3 Å². The van der Waals surface area contributed by atoms with Crippen LogP contribution in [0.2, 0.25) is 0 Å². The highest BCUT2D eigenvalue weighted by atomic mass is 16.6. The topological polar surface area (TPSA) is 55.8 Å². The van der Waals surface area contributed by atoms with Crippen molar-refractivity contribution in [3.05, 3.63) is 109 Å². The predicted molar refractivity (Wildman–Crippen MR) is 107 cm³/mol. The van der Waals surface area contributed by atoms with Gasteiger partial charge in [-0.15, -0.1) is 0 Å². The summed E-state index contributed by atoms with van der Waals surface area (Å²) < 4.78 is 10.6. The number of ether oxygens (including phenoxy) is 2. The van der Waals surface area contributed by atoms with Crippen LogP contribution in [-0.4, -0.2) is 12.2 Å².